The van der Waals surface area contributed by atoms with Gasteiger partial charge in [-0.25, -0.2) is 4.39 Å². The monoisotopic (exact) mass is 503 g/mol. The van der Waals surface area contributed by atoms with Crippen molar-refractivity contribution in [3.8, 4) is 5.75 Å². The van der Waals surface area contributed by atoms with Crippen molar-refractivity contribution in [2.24, 2.45) is 5.41 Å². The molecule has 1 aliphatic heterocycles. The number of ether oxygens (including phenoxy) is 1. The van der Waals surface area contributed by atoms with Crippen LogP contribution >= 0.6 is 0 Å². The van der Waals surface area contributed by atoms with Gasteiger partial charge >= 0.3 is 0 Å². The van der Waals surface area contributed by atoms with Gasteiger partial charge in [0.2, 0.25) is 5.91 Å². The van der Waals surface area contributed by atoms with Gasteiger partial charge in [-0.3, -0.25) is 14.6 Å². The first-order chi connectivity index (χ1) is 17.6. The molecule has 0 fully saturated rings. The van der Waals surface area contributed by atoms with Crippen molar-refractivity contribution >= 4 is 11.8 Å². The summed E-state index contributed by atoms with van der Waals surface area (Å²) in [5, 5.41) is 2.89. The van der Waals surface area contributed by atoms with E-state index >= 15 is 0 Å². The van der Waals surface area contributed by atoms with Gasteiger partial charge in [0.05, 0.1) is 6.04 Å². The summed E-state index contributed by atoms with van der Waals surface area (Å²) >= 11 is 0. The van der Waals surface area contributed by atoms with Crippen LogP contribution in [0.25, 0.3) is 0 Å². The van der Waals surface area contributed by atoms with Crippen molar-refractivity contribution in [3.05, 3.63) is 95.1 Å². The smallest absolute Gasteiger partial charge is 0.260 e. The predicted octanol–water partition coefficient (Wildman–Crippen LogP) is 4.87. The summed E-state index contributed by atoms with van der Waals surface area (Å²) in [6.45, 7) is 8.37. The highest BCUT2D eigenvalue weighted by atomic mass is 19.1. The SMILES string of the molecule is CC(Oc1ccc2c(c1)C(c1cccc(F)c1)N(C(=O)C(C)(C)C)CC2)C(=O)NCCc1ccccn1. The molecule has 6 nitrogen and oxygen atoms in total. The van der Waals surface area contributed by atoms with Crippen LogP contribution in [-0.4, -0.2) is 40.9 Å². The predicted molar refractivity (Wildman–Crippen MR) is 141 cm³/mol. The van der Waals surface area contributed by atoms with E-state index in [9.17, 15) is 14.0 Å². The number of benzene rings is 2. The lowest BCUT2D eigenvalue weighted by atomic mass is 9.85. The molecule has 1 aliphatic rings. The van der Waals surface area contributed by atoms with E-state index in [1.54, 1.807) is 19.2 Å². The number of nitrogens with zero attached hydrogens (tertiary/aromatic N) is 2. The quantitative estimate of drug-likeness (QED) is 0.500. The molecule has 2 amide bonds. The van der Waals surface area contributed by atoms with Gasteiger partial charge in [-0.05, 0) is 66.4 Å². The molecule has 2 aromatic carbocycles. The Balaban J connectivity index is 1.54. The van der Waals surface area contributed by atoms with Crippen LogP contribution in [-0.2, 0) is 22.4 Å². The Hall–Kier alpha value is -3.74. The molecule has 0 saturated carbocycles. The van der Waals surface area contributed by atoms with Gasteiger partial charge in [-0.2, -0.15) is 0 Å². The lowest BCUT2D eigenvalue weighted by Gasteiger charge is -2.41. The third-order valence-corrected chi connectivity index (χ3v) is 6.50. The lowest BCUT2D eigenvalue weighted by Crippen LogP contribution is -2.45. The van der Waals surface area contributed by atoms with Crippen LogP contribution in [0.4, 0.5) is 4.39 Å². The zero-order chi connectivity index (χ0) is 26.6. The van der Waals surface area contributed by atoms with Gasteiger partial charge in [0.15, 0.2) is 6.10 Å². The van der Waals surface area contributed by atoms with Gasteiger partial charge in [-0.15, -0.1) is 0 Å². The molecule has 4 rings (SSSR count). The number of nitrogens with one attached hydrogen (secondary N) is 1. The lowest BCUT2D eigenvalue weighted by molar-refractivity contribution is -0.141. The summed E-state index contributed by atoms with van der Waals surface area (Å²) in [4.78, 5) is 32.1. The molecule has 0 spiro atoms. The van der Waals surface area contributed by atoms with E-state index in [4.69, 9.17) is 4.74 Å². The Labute approximate surface area is 217 Å². The first kappa shape index (κ1) is 26.3. The Morgan fingerprint density at radius 2 is 1.95 bits per heavy atom. The summed E-state index contributed by atoms with van der Waals surface area (Å²) in [7, 11) is 0. The number of carbonyl (C=O) groups excluding carboxylic acids is 2. The average Bonchev–Trinajstić information content (AvgIpc) is 2.87. The highest BCUT2D eigenvalue weighted by Gasteiger charge is 2.37. The number of carbonyl (C=O) groups is 2. The van der Waals surface area contributed by atoms with E-state index in [1.807, 2.05) is 68.1 Å². The van der Waals surface area contributed by atoms with E-state index in [1.165, 1.54) is 12.1 Å². The fraction of sp³-hybridized carbons (Fsp3) is 0.367. The van der Waals surface area contributed by atoms with Crippen molar-refractivity contribution in [2.45, 2.75) is 52.7 Å². The summed E-state index contributed by atoms with van der Waals surface area (Å²) in [6, 6.07) is 17.3. The van der Waals surface area contributed by atoms with Crippen LogP contribution in [0.5, 0.6) is 5.75 Å². The molecular weight excluding hydrogens is 469 g/mol. The number of aromatic nitrogens is 1. The van der Waals surface area contributed by atoms with Crippen LogP contribution in [0.1, 0.15) is 56.1 Å². The first-order valence-corrected chi connectivity index (χ1v) is 12.7. The van der Waals surface area contributed by atoms with Crippen molar-refractivity contribution in [1.29, 1.82) is 0 Å². The molecular formula is C30H34FN3O3. The maximum absolute atomic E-state index is 14.2. The van der Waals surface area contributed by atoms with Crippen LogP contribution in [0.15, 0.2) is 66.9 Å². The molecule has 37 heavy (non-hydrogen) atoms. The molecule has 1 aromatic heterocycles. The summed E-state index contributed by atoms with van der Waals surface area (Å²) in [5.41, 5.74) is 2.99. The van der Waals surface area contributed by atoms with Crippen molar-refractivity contribution in [2.75, 3.05) is 13.1 Å². The second-order valence-corrected chi connectivity index (χ2v) is 10.4. The zero-order valence-electron chi connectivity index (χ0n) is 21.8. The molecule has 3 aromatic rings. The maximum Gasteiger partial charge on any atom is 0.260 e. The largest absolute Gasteiger partial charge is 0.481 e. The second kappa shape index (κ2) is 11.1. The molecule has 194 valence electrons. The summed E-state index contributed by atoms with van der Waals surface area (Å²) < 4.78 is 20.2. The molecule has 0 aliphatic carbocycles. The number of hydrogen-bond acceptors (Lipinski definition) is 4. The van der Waals surface area contributed by atoms with Gasteiger partial charge in [0, 0.05) is 36.8 Å². The Kier molecular flexibility index (Phi) is 7.91. The van der Waals surface area contributed by atoms with E-state index in [0.29, 0.717) is 37.2 Å². The zero-order valence-corrected chi connectivity index (χ0v) is 21.8. The fourth-order valence-corrected chi connectivity index (χ4v) is 4.61. The second-order valence-electron chi connectivity index (χ2n) is 10.4. The van der Waals surface area contributed by atoms with Crippen molar-refractivity contribution in [3.63, 3.8) is 0 Å². The van der Waals surface area contributed by atoms with E-state index in [-0.39, 0.29) is 17.6 Å². The van der Waals surface area contributed by atoms with Crippen LogP contribution in [0, 0.1) is 11.2 Å². The van der Waals surface area contributed by atoms with Gasteiger partial charge < -0.3 is 15.0 Å². The summed E-state index contributed by atoms with van der Waals surface area (Å²) in [5.74, 6) is -0.0481. The standard InChI is InChI=1S/C30H34FN3O3/c1-20(28(35)33-16-13-24-10-5-6-15-32-24)37-25-12-11-21-14-17-34(29(36)30(2,3)4)27(26(21)19-25)22-8-7-9-23(31)18-22/h5-12,15,18-20,27H,13-14,16-17H2,1-4H3,(H,33,35). The normalized spacial score (nSPS) is 16.0. The van der Waals surface area contributed by atoms with Crippen molar-refractivity contribution < 1.29 is 18.7 Å². The number of pyridine rings is 1. The fourth-order valence-electron chi connectivity index (χ4n) is 4.61. The van der Waals surface area contributed by atoms with E-state index in [0.717, 1.165) is 16.8 Å². The molecule has 0 radical (unpaired) electrons. The Bertz CT molecular complexity index is 1260. The minimum Gasteiger partial charge on any atom is -0.481 e. The average molecular weight is 504 g/mol. The van der Waals surface area contributed by atoms with Gasteiger partial charge in [-0.1, -0.05) is 45.0 Å². The topological polar surface area (TPSA) is 71.5 Å². The third kappa shape index (κ3) is 6.34. The Morgan fingerprint density at radius 3 is 2.65 bits per heavy atom. The van der Waals surface area contributed by atoms with Gasteiger partial charge in [0.25, 0.3) is 5.91 Å². The number of halogens is 1. The highest BCUT2D eigenvalue weighted by Crippen LogP contribution is 2.39. The molecule has 0 saturated heterocycles. The minimum atomic E-state index is -0.717. The molecule has 2 unspecified atom stereocenters. The number of amides is 2. The Morgan fingerprint density at radius 1 is 1.14 bits per heavy atom. The van der Waals surface area contributed by atoms with Gasteiger partial charge in [0.1, 0.15) is 11.6 Å². The molecule has 2 atom stereocenters. The van der Waals surface area contributed by atoms with Crippen molar-refractivity contribution in [1.82, 2.24) is 15.2 Å². The van der Waals surface area contributed by atoms with Crippen LogP contribution in [0.3, 0.4) is 0 Å². The molecule has 1 N–H and O–H groups in total. The third-order valence-electron chi connectivity index (χ3n) is 6.50. The summed E-state index contributed by atoms with van der Waals surface area (Å²) in [6.07, 6.45) is 2.33. The minimum absolute atomic E-state index is 0.000570. The van der Waals surface area contributed by atoms with E-state index in [2.05, 4.69) is 10.3 Å². The molecule has 7 heteroatoms. The number of rotatable bonds is 7. The van der Waals surface area contributed by atoms with Crippen LogP contribution < -0.4 is 10.1 Å². The van der Waals surface area contributed by atoms with Crippen LogP contribution in [0.2, 0.25) is 0 Å². The number of hydrogen-bond donors (Lipinski definition) is 1. The number of fused-ring (bicyclic) bond motifs is 1. The van der Waals surface area contributed by atoms with E-state index < -0.39 is 17.6 Å². The molecule has 0 bridgehead atoms. The highest BCUT2D eigenvalue weighted by molar-refractivity contribution is 5.83. The first-order valence-electron chi connectivity index (χ1n) is 12.7. The maximum atomic E-state index is 14.2. The molecule has 2 heterocycles.